The van der Waals surface area contributed by atoms with Gasteiger partial charge in [-0.3, -0.25) is 5.41 Å². The maximum atomic E-state index is 11.1. The molecule has 0 unspecified atom stereocenters. The number of esters is 1. The van der Waals surface area contributed by atoms with E-state index in [1.807, 2.05) is 6.92 Å². The predicted molar refractivity (Wildman–Crippen MR) is 50.3 cm³/mol. The van der Waals surface area contributed by atoms with Gasteiger partial charge in [0.05, 0.1) is 11.6 Å². The molecule has 0 radical (unpaired) electrons. The molecule has 70 valence electrons. The van der Waals surface area contributed by atoms with Crippen LogP contribution in [0.25, 0.3) is 0 Å². The van der Waals surface area contributed by atoms with Gasteiger partial charge in [0.2, 0.25) is 0 Å². The highest BCUT2D eigenvalue weighted by Crippen LogP contribution is 2.08. The fourth-order valence-corrected chi connectivity index (χ4v) is 1.39. The van der Waals surface area contributed by atoms with Crippen molar-refractivity contribution in [3.05, 3.63) is 16.1 Å². The van der Waals surface area contributed by atoms with E-state index < -0.39 is 5.97 Å². The van der Waals surface area contributed by atoms with Crippen molar-refractivity contribution in [1.82, 2.24) is 4.98 Å². The van der Waals surface area contributed by atoms with Crippen molar-refractivity contribution in [2.24, 2.45) is 0 Å². The molecule has 0 aliphatic rings. The average Bonchev–Trinajstić information content (AvgIpc) is 2.51. The van der Waals surface area contributed by atoms with Gasteiger partial charge in [-0.05, 0) is 13.8 Å². The molecule has 0 amide bonds. The van der Waals surface area contributed by atoms with Crippen LogP contribution in [-0.4, -0.2) is 23.3 Å². The van der Waals surface area contributed by atoms with Crippen LogP contribution in [0.4, 0.5) is 0 Å². The van der Waals surface area contributed by atoms with Crippen LogP contribution in [0.2, 0.25) is 0 Å². The maximum Gasteiger partial charge on any atom is 0.358 e. The number of aromatic nitrogens is 1. The largest absolute Gasteiger partial charge is 0.461 e. The van der Waals surface area contributed by atoms with Crippen LogP contribution < -0.4 is 0 Å². The van der Waals surface area contributed by atoms with E-state index in [1.54, 1.807) is 12.3 Å². The summed E-state index contributed by atoms with van der Waals surface area (Å²) in [7, 11) is 0. The second kappa shape index (κ2) is 4.13. The second-order valence-corrected chi connectivity index (χ2v) is 3.41. The van der Waals surface area contributed by atoms with Crippen molar-refractivity contribution < 1.29 is 9.53 Å². The van der Waals surface area contributed by atoms with Gasteiger partial charge in [-0.25, -0.2) is 9.78 Å². The number of hydrogen-bond acceptors (Lipinski definition) is 5. The Morgan fingerprint density at radius 1 is 1.77 bits per heavy atom. The normalized spacial score (nSPS) is 9.69. The molecule has 13 heavy (non-hydrogen) atoms. The number of carbonyl (C=O) groups excluding carboxylic acids is 1. The van der Waals surface area contributed by atoms with E-state index in [9.17, 15) is 4.79 Å². The molecule has 1 N–H and O–H groups in total. The Morgan fingerprint density at radius 3 is 2.92 bits per heavy atom. The molecule has 0 aliphatic heterocycles. The van der Waals surface area contributed by atoms with Gasteiger partial charge in [0.1, 0.15) is 5.69 Å². The molecule has 0 spiro atoms. The Hall–Kier alpha value is -1.23. The molecule has 4 nitrogen and oxygen atoms in total. The summed E-state index contributed by atoms with van der Waals surface area (Å²) in [6, 6.07) is 0. The zero-order chi connectivity index (χ0) is 9.84. The van der Waals surface area contributed by atoms with Crippen molar-refractivity contribution in [2.75, 3.05) is 6.61 Å². The lowest BCUT2D eigenvalue weighted by Gasteiger charge is -1.99. The Labute approximate surface area is 80.1 Å². The second-order valence-electron chi connectivity index (χ2n) is 2.35. The third kappa shape index (κ3) is 2.35. The first-order valence-electron chi connectivity index (χ1n) is 3.83. The molecule has 0 saturated carbocycles. The minimum Gasteiger partial charge on any atom is -0.461 e. The van der Waals surface area contributed by atoms with Crippen molar-refractivity contribution in [3.8, 4) is 0 Å². The van der Waals surface area contributed by atoms with Crippen LogP contribution in [0, 0.1) is 12.3 Å². The molecule has 0 aliphatic carbocycles. The van der Waals surface area contributed by atoms with E-state index in [4.69, 9.17) is 5.41 Å². The number of thiazole rings is 1. The minimum atomic E-state index is -0.618. The Kier molecular flexibility index (Phi) is 3.13. The van der Waals surface area contributed by atoms with Crippen LogP contribution in [0.1, 0.15) is 17.6 Å². The summed E-state index contributed by atoms with van der Waals surface area (Å²) in [4.78, 5) is 15.1. The monoisotopic (exact) mass is 198 g/mol. The first-order valence-corrected chi connectivity index (χ1v) is 4.71. The van der Waals surface area contributed by atoms with Crippen LogP contribution in [0.15, 0.2) is 5.38 Å². The lowest BCUT2D eigenvalue weighted by molar-refractivity contribution is -0.135. The summed E-state index contributed by atoms with van der Waals surface area (Å²) >= 11 is 1.41. The number of nitrogens with zero attached hydrogens (tertiary/aromatic N) is 1. The highest BCUT2D eigenvalue weighted by Gasteiger charge is 2.15. The third-order valence-electron chi connectivity index (χ3n) is 1.35. The van der Waals surface area contributed by atoms with Crippen molar-refractivity contribution in [3.63, 3.8) is 0 Å². The Balaban J connectivity index is 2.73. The first kappa shape index (κ1) is 9.85. The van der Waals surface area contributed by atoms with Gasteiger partial charge in [-0.1, -0.05) is 0 Å². The zero-order valence-corrected chi connectivity index (χ0v) is 8.27. The Morgan fingerprint density at radius 2 is 2.46 bits per heavy atom. The molecule has 1 rings (SSSR count). The van der Waals surface area contributed by atoms with Gasteiger partial charge < -0.3 is 4.74 Å². The van der Waals surface area contributed by atoms with Gasteiger partial charge >= 0.3 is 5.97 Å². The summed E-state index contributed by atoms with van der Waals surface area (Å²) in [5.41, 5.74) is 0.215. The average molecular weight is 198 g/mol. The molecule has 0 bridgehead atoms. The molecule has 1 aromatic heterocycles. The fourth-order valence-electron chi connectivity index (χ4n) is 0.786. The van der Waals surface area contributed by atoms with E-state index in [1.165, 1.54) is 11.3 Å². The summed E-state index contributed by atoms with van der Waals surface area (Å²) < 4.78 is 4.67. The molecule has 0 fully saturated rings. The lowest BCUT2D eigenvalue weighted by atomic mass is 10.3. The maximum absolute atomic E-state index is 11.1. The predicted octanol–water partition coefficient (Wildman–Crippen LogP) is 1.38. The fraction of sp³-hybridized carbons (Fsp3) is 0.375. The first-order chi connectivity index (χ1) is 6.15. The van der Waals surface area contributed by atoms with E-state index in [0.29, 0.717) is 5.69 Å². The number of hydrogen-bond donors (Lipinski definition) is 1. The van der Waals surface area contributed by atoms with E-state index in [2.05, 4.69) is 9.72 Å². The number of rotatable bonds is 3. The van der Waals surface area contributed by atoms with E-state index >= 15 is 0 Å². The molecular formula is C8H10N2O2S. The summed E-state index contributed by atoms with van der Waals surface area (Å²) in [5, 5.41) is 9.93. The van der Waals surface area contributed by atoms with Gasteiger partial charge in [0, 0.05) is 5.38 Å². The van der Waals surface area contributed by atoms with E-state index in [-0.39, 0.29) is 12.3 Å². The molecule has 1 heterocycles. The lowest BCUT2D eigenvalue weighted by Crippen LogP contribution is -2.17. The highest BCUT2D eigenvalue weighted by molar-refractivity contribution is 7.09. The van der Waals surface area contributed by atoms with Gasteiger partial charge in [0.15, 0.2) is 5.71 Å². The SMILES string of the molecule is CCOC(=O)C(=N)c1csc(C)n1. The van der Waals surface area contributed by atoms with Crippen LogP contribution >= 0.6 is 11.3 Å². The molecule has 0 saturated heterocycles. The van der Waals surface area contributed by atoms with Crippen LogP contribution in [0.3, 0.4) is 0 Å². The number of carbonyl (C=O) groups is 1. The third-order valence-corrected chi connectivity index (χ3v) is 2.13. The van der Waals surface area contributed by atoms with Gasteiger partial charge in [0.25, 0.3) is 0 Å². The standard InChI is InChI=1S/C8H10N2O2S/c1-3-12-8(11)7(9)6-4-13-5(2)10-6/h4,9H,3H2,1-2H3. The molecule has 5 heteroatoms. The minimum absolute atomic E-state index is 0.175. The van der Waals surface area contributed by atoms with Gasteiger partial charge in [-0.15, -0.1) is 11.3 Å². The topological polar surface area (TPSA) is 63.0 Å². The number of aryl methyl sites for hydroxylation is 1. The van der Waals surface area contributed by atoms with Gasteiger partial charge in [-0.2, -0.15) is 0 Å². The molecule has 1 aromatic rings. The smallest absolute Gasteiger partial charge is 0.358 e. The van der Waals surface area contributed by atoms with Crippen molar-refractivity contribution in [1.29, 1.82) is 5.41 Å². The van der Waals surface area contributed by atoms with Crippen molar-refractivity contribution >= 4 is 23.0 Å². The van der Waals surface area contributed by atoms with E-state index in [0.717, 1.165) is 5.01 Å². The summed E-state index contributed by atoms with van der Waals surface area (Å²) in [6.07, 6.45) is 0. The summed E-state index contributed by atoms with van der Waals surface area (Å²) in [5.74, 6) is -0.618. The van der Waals surface area contributed by atoms with Crippen LogP contribution in [-0.2, 0) is 9.53 Å². The summed E-state index contributed by atoms with van der Waals surface area (Å²) in [6.45, 7) is 3.81. The van der Waals surface area contributed by atoms with Crippen molar-refractivity contribution in [2.45, 2.75) is 13.8 Å². The number of nitrogens with one attached hydrogen (secondary N) is 1. The molecule has 0 aromatic carbocycles. The molecular weight excluding hydrogens is 188 g/mol. The zero-order valence-electron chi connectivity index (χ0n) is 7.46. The quantitative estimate of drug-likeness (QED) is 0.589. The van der Waals surface area contributed by atoms with Crippen LogP contribution in [0.5, 0.6) is 0 Å². The Bertz CT molecular complexity index is 333. The highest BCUT2D eigenvalue weighted by atomic mass is 32.1. The molecule has 0 atom stereocenters. The number of ether oxygens (including phenoxy) is 1.